The zero-order chi connectivity index (χ0) is 14.1. The Hall–Kier alpha value is -1.43. The second kappa shape index (κ2) is 8.63. The molecule has 1 rings (SSSR count). The molecule has 0 saturated carbocycles. The number of methoxy groups -OCH3 is 2. The highest BCUT2D eigenvalue weighted by molar-refractivity contribution is 9.09. The monoisotopic (exact) mass is 331 g/mol. The van der Waals surface area contributed by atoms with Gasteiger partial charge in [-0.1, -0.05) is 22.0 Å². The molecule has 1 N–H and O–H groups in total. The summed E-state index contributed by atoms with van der Waals surface area (Å²) in [6, 6.07) is 5.41. The Labute approximate surface area is 121 Å². The maximum absolute atomic E-state index is 11.2. The second-order valence-corrected chi connectivity index (χ2v) is 4.42. The minimum absolute atomic E-state index is 0.00178. The summed E-state index contributed by atoms with van der Waals surface area (Å²) in [6.07, 6.45) is 0.461. The maximum Gasteiger partial charge on any atom is 0.220 e. The number of carbonyl (C=O) groups is 1. The summed E-state index contributed by atoms with van der Waals surface area (Å²) in [6.45, 7) is 0.823. The van der Waals surface area contributed by atoms with Gasteiger partial charge in [0.05, 0.1) is 20.8 Å². The maximum atomic E-state index is 11.2. The Morgan fingerprint density at radius 2 is 2.00 bits per heavy atom. The molecule has 0 saturated heterocycles. The summed E-state index contributed by atoms with van der Waals surface area (Å²) < 4.78 is 16.0. The van der Waals surface area contributed by atoms with Gasteiger partial charge in [-0.15, -0.1) is 0 Å². The van der Waals surface area contributed by atoms with E-state index in [-0.39, 0.29) is 5.91 Å². The van der Waals surface area contributed by atoms with Gasteiger partial charge in [0.2, 0.25) is 11.7 Å². The predicted molar refractivity (Wildman–Crippen MR) is 76.5 cm³/mol. The molecule has 0 spiro atoms. The smallest absolute Gasteiger partial charge is 0.220 e. The fourth-order valence-electron chi connectivity index (χ4n) is 1.50. The van der Waals surface area contributed by atoms with Gasteiger partial charge < -0.3 is 19.5 Å². The Morgan fingerprint density at radius 3 is 2.63 bits per heavy atom. The van der Waals surface area contributed by atoms with Crippen molar-refractivity contribution < 1.29 is 19.0 Å². The van der Waals surface area contributed by atoms with Crippen LogP contribution in [0.15, 0.2) is 18.2 Å². The topological polar surface area (TPSA) is 56.8 Å². The predicted octanol–water partition coefficient (Wildman–Crippen LogP) is 1.98. The number of alkyl halides is 1. The van der Waals surface area contributed by atoms with E-state index in [1.165, 1.54) is 0 Å². The van der Waals surface area contributed by atoms with Crippen molar-refractivity contribution in [2.24, 2.45) is 0 Å². The summed E-state index contributed by atoms with van der Waals surface area (Å²) in [5.41, 5.74) is 0. The van der Waals surface area contributed by atoms with Gasteiger partial charge in [0.15, 0.2) is 11.5 Å². The van der Waals surface area contributed by atoms with Gasteiger partial charge in [-0.25, -0.2) is 0 Å². The average Bonchev–Trinajstić information content (AvgIpc) is 2.43. The molecule has 106 valence electrons. The van der Waals surface area contributed by atoms with Crippen molar-refractivity contribution in [1.29, 1.82) is 0 Å². The number of hydrogen-bond acceptors (Lipinski definition) is 4. The van der Waals surface area contributed by atoms with Crippen LogP contribution >= 0.6 is 15.9 Å². The third-order valence-corrected chi connectivity index (χ3v) is 2.77. The molecule has 0 atom stereocenters. The average molecular weight is 332 g/mol. The number of benzene rings is 1. The van der Waals surface area contributed by atoms with Gasteiger partial charge in [-0.3, -0.25) is 4.79 Å². The Morgan fingerprint density at radius 1 is 1.26 bits per heavy atom. The van der Waals surface area contributed by atoms with Crippen LogP contribution in [0.1, 0.15) is 6.42 Å². The fourth-order valence-corrected chi connectivity index (χ4v) is 1.86. The molecule has 0 heterocycles. The van der Waals surface area contributed by atoms with Crippen molar-refractivity contribution in [1.82, 2.24) is 5.32 Å². The van der Waals surface area contributed by atoms with Crippen molar-refractivity contribution in [3.63, 3.8) is 0 Å². The summed E-state index contributed by atoms with van der Waals surface area (Å²) in [7, 11) is 3.13. The SMILES string of the molecule is COc1cccc(OCCNC(=O)CCBr)c1OC. The van der Waals surface area contributed by atoms with Crippen molar-refractivity contribution in [2.75, 3.05) is 32.7 Å². The highest BCUT2D eigenvalue weighted by atomic mass is 79.9. The zero-order valence-corrected chi connectivity index (χ0v) is 12.7. The van der Waals surface area contributed by atoms with Crippen molar-refractivity contribution >= 4 is 21.8 Å². The van der Waals surface area contributed by atoms with Gasteiger partial charge in [-0.05, 0) is 12.1 Å². The van der Waals surface area contributed by atoms with Crippen LogP contribution in [0.25, 0.3) is 0 Å². The van der Waals surface area contributed by atoms with Crippen molar-refractivity contribution in [3.8, 4) is 17.2 Å². The first-order valence-corrected chi connectivity index (χ1v) is 7.01. The van der Waals surface area contributed by atoms with Crippen LogP contribution in [0.5, 0.6) is 17.2 Å². The van der Waals surface area contributed by atoms with Gasteiger partial charge in [0.25, 0.3) is 0 Å². The van der Waals surface area contributed by atoms with E-state index in [0.29, 0.717) is 42.2 Å². The third-order valence-electron chi connectivity index (χ3n) is 2.37. The van der Waals surface area contributed by atoms with Gasteiger partial charge in [0, 0.05) is 11.8 Å². The number of para-hydroxylation sites is 1. The first kappa shape index (κ1) is 15.6. The highest BCUT2D eigenvalue weighted by Crippen LogP contribution is 2.36. The first-order chi connectivity index (χ1) is 9.22. The lowest BCUT2D eigenvalue weighted by atomic mass is 10.3. The second-order valence-electron chi connectivity index (χ2n) is 3.63. The molecule has 5 nitrogen and oxygen atoms in total. The Balaban J connectivity index is 2.47. The number of rotatable bonds is 8. The summed E-state index contributed by atoms with van der Waals surface area (Å²) in [5.74, 6) is 1.76. The van der Waals surface area contributed by atoms with Crippen molar-refractivity contribution in [2.45, 2.75) is 6.42 Å². The number of hydrogen-bond donors (Lipinski definition) is 1. The van der Waals surface area contributed by atoms with Crippen LogP contribution in [0.2, 0.25) is 0 Å². The number of amides is 1. The molecule has 0 aliphatic heterocycles. The first-order valence-electron chi connectivity index (χ1n) is 5.89. The number of carbonyl (C=O) groups excluding carboxylic acids is 1. The van der Waals surface area contributed by atoms with Crippen LogP contribution in [-0.2, 0) is 4.79 Å². The lowest BCUT2D eigenvalue weighted by molar-refractivity contribution is -0.120. The molecule has 6 heteroatoms. The quantitative estimate of drug-likeness (QED) is 0.584. The fraction of sp³-hybridized carbons (Fsp3) is 0.462. The molecular formula is C13H18BrNO4. The Bertz CT molecular complexity index is 412. The standard InChI is InChI=1S/C13H18BrNO4/c1-17-10-4-3-5-11(13(10)18-2)19-9-8-15-12(16)6-7-14/h3-5H,6-9H2,1-2H3,(H,15,16). The molecule has 0 aliphatic rings. The lowest BCUT2D eigenvalue weighted by Crippen LogP contribution is -2.28. The lowest BCUT2D eigenvalue weighted by Gasteiger charge is -2.13. The van der Waals surface area contributed by atoms with E-state index < -0.39 is 0 Å². The van der Waals surface area contributed by atoms with E-state index in [9.17, 15) is 4.79 Å². The molecule has 1 aromatic rings. The van der Waals surface area contributed by atoms with Gasteiger partial charge in [0.1, 0.15) is 6.61 Å². The van der Waals surface area contributed by atoms with E-state index in [0.717, 1.165) is 0 Å². The van der Waals surface area contributed by atoms with Crippen LogP contribution in [0.4, 0.5) is 0 Å². The van der Waals surface area contributed by atoms with E-state index in [2.05, 4.69) is 21.2 Å². The minimum atomic E-state index is -0.00178. The van der Waals surface area contributed by atoms with E-state index in [1.54, 1.807) is 26.4 Å². The zero-order valence-electron chi connectivity index (χ0n) is 11.1. The number of nitrogens with one attached hydrogen (secondary N) is 1. The molecule has 0 bridgehead atoms. The molecule has 0 aromatic heterocycles. The largest absolute Gasteiger partial charge is 0.493 e. The number of halogens is 1. The molecule has 0 unspecified atom stereocenters. The van der Waals surface area contributed by atoms with E-state index in [1.807, 2.05) is 6.07 Å². The molecule has 1 aromatic carbocycles. The highest BCUT2D eigenvalue weighted by Gasteiger charge is 2.10. The Kier molecular flexibility index (Phi) is 7.10. The van der Waals surface area contributed by atoms with Crippen LogP contribution in [0, 0.1) is 0 Å². The molecule has 0 aliphatic carbocycles. The normalized spacial score (nSPS) is 9.84. The molecule has 19 heavy (non-hydrogen) atoms. The van der Waals surface area contributed by atoms with E-state index in [4.69, 9.17) is 14.2 Å². The van der Waals surface area contributed by atoms with Gasteiger partial charge in [-0.2, -0.15) is 0 Å². The molecule has 0 fully saturated rings. The minimum Gasteiger partial charge on any atom is -0.493 e. The summed E-state index contributed by atoms with van der Waals surface area (Å²) in [4.78, 5) is 11.2. The van der Waals surface area contributed by atoms with Crippen LogP contribution in [-0.4, -0.2) is 38.6 Å². The summed E-state index contributed by atoms with van der Waals surface area (Å²) in [5, 5.41) is 3.41. The number of ether oxygens (including phenoxy) is 3. The summed E-state index contributed by atoms with van der Waals surface area (Å²) >= 11 is 3.21. The molecule has 1 amide bonds. The third kappa shape index (κ3) is 4.98. The van der Waals surface area contributed by atoms with Crippen LogP contribution in [0.3, 0.4) is 0 Å². The molecular weight excluding hydrogens is 314 g/mol. The molecule has 0 radical (unpaired) electrons. The van der Waals surface area contributed by atoms with Crippen molar-refractivity contribution in [3.05, 3.63) is 18.2 Å². The van der Waals surface area contributed by atoms with Gasteiger partial charge >= 0.3 is 0 Å². The van der Waals surface area contributed by atoms with E-state index >= 15 is 0 Å². The van der Waals surface area contributed by atoms with Crippen LogP contribution < -0.4 is 19.5 Å².